The zero-order chi connectivity index (χ0) is 13.0. The summed E-state index contributed by atoms with van der Waals surface area (Å²) in [6.07, 6.45) is -4.45. The van der Waals surface area contributed by atoms with Crippen molar-refractivity contribution in [3.8, 4) is 0 Å². The Labute approximate surface area is 96.6 Å². The number of hydrogen-bond donors (Lipinski definition) is 1. The molecule has 0 aliphatic heterocycles. The molecule has 0 spiro atoms. The molecule has 2 rings (SSSR count). The Balaban J connectivity index is 2.42. The van der Waals surface area contributed by atoms with E-state index in [4.69, 9.17) is 5.73 Å². The molecule has 1 fully saturated rings. The zero-order valence-corrected chi connectivity index (χ0v) is 9.48. The Morgan fingerprint density at radius 2 is 1.76 bits per heavy atom. The fraction of sp³-hybridized carbons (Fsp3) is 0.500. The van der Waals surface area contributed by atoms with Crippen LogP contribution in [0.5, 0.6) is 0 Å². The van der Waals surface area contributed by atoms with Crippen molar-refractivity contribution in [2.45, 2.75) is 32.0 Å². The molecule has 0 saturated heterocycles. The van der Waals surface area contributed by atoms with Gasteiger partial charge in [-0.1, -0.05) is 13.8 Å². The summed E-state index contributed by atoms with van der Waals surface area (Å²) in [6.45, 7) is 3.64. The molecule has 1 aromatic carbocycles. The Bertz CT molecular complexity index is 450. The number of alkyl halides is 3. The van der Waals surface area contributed by atoms with E-state index in [-0.39, 0.29) is 22.9 Å². The van der Waals surface area contributed by atoms with Gasteiger partial charge in [-0.15, -0.1) is 0 Å². The van der Waals surface area contributed by atoms with Gasteiger partial charge in [0.2, 0.25) is 0 Å². The molecule has 0 radical (unpaired) electrons. The van der Waals surface area contributed by atoms with Crippen LogP contribution in [0.2, 0.25) is 0 Å². The Kier molecular flexibility index (Phi) is 2.51. The molecule has 0 heterocycles. The van der Waals surface area contributed by atoms with Gasteiger partial charge in [-0.05, 0) is 29.2 Å². The van der Waals surface area contributed by atoms with Crippen molar-refractivity contribution >= 4 is 0 Å². The normalized spacial score (nSPS) is 27.0. The first-order chi connectivity index (χ1) is 7.65. The fourth-order valence-electron chi connectivity index (χ4n) is 2.23. The molecule has 17 heavy (non-hydrogen) atoms. The third kappa shape index (κ3) is 1.92. The van der Waals surface area contributed by atoms with Crippen LogP contribution in [-0.4, -0.2) is 6.04 Å². The molecule has 0 unspecified atom stereocenters. The van der Waals surface area contributed by atoms with Crippen molar-refractivity contribution in [1.82, 2.24) is 0 Å². The summed E-state index contributed by atoms with van der Waals surface area (Å²) in [5, 5.41) is 0. The van der Waals surface area contributed by atoms with Gasteiger partial charge in [-0.25, -0.2) is 4.39 Å². The predicted octanol–water partition coefficient (Wildman–Crippen LogP) is 3.30. The molecule has 1 aliphatic carbocycles. The maximum Gasteiger partial charge on any atom is 0.416 e. The summed E-state index contributed by atoms with van der Waals surface area (Å²) in [6, 6.07) is 2.19. The van der Waals surface area contributed by atoms with Crippen molar-refractivity contribution in [2.75, 3.05) is 0 Å². The highest BCUT2D eigenvalue weighted by atomic mass is 19.4. The topological polar surface area (TPSA) is 26.0 Å². The van der Waals surface area contributed by atoms with Crippen LogP contribution < -0.4 is 5.73 Å². The number of rotatable bonds is 1. The van der Waals surface area contributed by atoms with E-state index in [2.05, 4.69) is 0 Å². The van der Waals surface area contributed by atoms with Crippen LogP contribution in [0.3, 0.4) is 0 Å². The fourth-order valence-corrected chi connectivity index (χ4v) is 2.23. The lowest BCUT2D eigenvalue weighted by atomic mass is 10.0. The molecule has 0 aromatic heterocycles. The van der Waals surface area contributed by atoms with E-state index in [1.807, 2.05) is 13.8 Å². The van der Waals surface area contributed by atoms with E-state index in [1.165, 1.54) is 0 Å². The maximum absolute atomic E-state index is 13.5. The van der Waals surface area contributed by atoms with Gasteiger partial charge in [0.1, 0.15) is 5.82 Å². The van der Waals surface area contributed by atoms with Crippen LogP contribution in [0, 0.1) is 11.2 Å². The first kappa shape index (κ1) is 12.4. The molecular weight excluding hydrogens is 234 g/mol. The third-order valence-corrected chi connectivity index (χ3v) is 3.57. The predicted molar refractivity (Wildman–Crippen MR) is 55.9 cm³/mol. The van der Waals surface area contributed by atoms with E-state index >= 15 is 0 Å². The monoisotopic (exact) mass is 247 g/mol. The van der Waals surface area contributed by atoms with Gasteiger partial charge in [-0.3, -0.25) is 0 Å². The van der Waals surface area contributed by atoms with Gasteiger partial charge in [0.05, 0.1) is 5.56 Å². The molecule has 5 heteroatoms. The Morgan fingerprint density at radius 1 is 1.24 bits per heavy atom. The molecule has 1 aliphatic rings. The smallest absolute Gasteiger partial charge is 0.327 e. The van der Waals surface area contributed by atoms with Gasteiger partial charge in [0.25, 0.3) is 0 Å². The highest BCUT2D eigenvalue weighted by Gasteiger charge is 2.57. The number of halogens is 4. The minimum atomic E-state index is -4.45. The largest absolute Gasteiger partial charge is 0.416 e. The number of hydrogen-bond acceptors (Lipinski definition) is 1. The standard InChI is InChI=1S/C12H13F4N/c1-11(2)9(10(11)17)7-5-6(12(14,15)16)3-4-8(7)13/h3-5,9-10H,17H2,1-2H3/t9-,10-/m1/s1. The zero-order valence-electron chi connectivity index (χ0n) is 9.48. The first-order valence-electron chi connectivity index (χ1n) is 5.28. The van der Waals surface area contributed by atoms with Crippen LogP contribution in [0.25, 0.3) is 0 Å². The van der Waals surface area contributed by atoms with Crippen molar-refractivity contribution in [3.63, 3.8) is 0 Å². The summed E-state index contributed by atoms with van der Waals surface area (Å²) >= 11 is 0. The SMILES string of the molecule is CC1(C)[C@H](N)[C@H]1c1cc(C(F)(F)F)ccc1F. The van der Waals surface area contributed by atoms with Crippen LogP contribution in [0.15, 0.2) is 18.2 Å². The third-order valence-electron chi connectivity index (χ3n) is 3.57. The van der Waals surface area contributed by atoms with Crippen LogP contribution in [0.4, 0.5) is 17.6 Å². The molecule has 1 nitrogen and oxygen atoms in total. The summed E-state index contributed by atoms with van der Waals surface area (Å²) in [5.41, 5.74) is 4.65. The minimum Gasteiger partial charge on any atom is -0.327 e. The Morgan fingerprint density at radius 3 is 2.18 bits per heavy atom. The highest BCUT2D eigenvalue weighted by molar-refractivity contribution is 5.38. The van der Waals surface area contributed by atoms with Crippen LogP contribution in [-0.2, 0) is 6.18 Å². The molecule has 2 N–H and O–H groups in total. The van der Waals surface area contributed by atoms with Crippen LogP contribution in [0.1, 0.15) is 30.9 Å². The second-order valence-corrected chi connectivity index (χ2v) is 5.06. The Hall–Kier alpha value is -1.10. The van der Waals surface area contributed by atoms with E-state index in [9.17, 15) is 17.6 Å². The second-order valence-electron chi connectivity index (χ2n) is 5.06. The summed E-state index contributed by atoms with van der Waals surface area (Å²) < 4.78 is 51.1. The molecular formula is C12H13F4N. The van der Waals surface area contributed by atoms with Crippen molar-refractivity contribution in [2.24, 2.45) is 11.1 Å². The molecule has 2 atom stereocenters. The first-order valence-corrected chi connectivity index (χ1v) is 5.28. The van der Waals surface area contributed by atoms with E-state index < -0.39 is 17.6 Å². The highest BCUT2D eigenvalue weighted by Crippen LogP contribution is 2.58. The van der Waals surface area contributed by atoms with Crippen molar-refractivity contribution < 1.29 is 17.6 Å². The van der Waals surface area contributed by atoms with E-state index in [1.54, 1.807) is 0 Å². The van der Waals surface area contributed by atoms with E-state index in [0.29, 0.717) is 0 Å². The minimum absolute atomic E-state index is 0.0670. The van der Waals surface area contributed by atoms with Gasteiger partial charge in [-0.2, -0.15) is 13.2 Å². The molecule has 0 amide bonds. The van der Waals surface area contributed by atoms with Gasteiger partial charge in [0, 0.05) is 12.0 Å². The van der Waals surface area contributed by atoms with Gasteiger partial charge < -0.3 is 5.73 Å². The van der Waals surface area contributed by atoms with Crippen molar-refractivity contribution in [1.29, 1.82) is 0 Å². The molecule has 0 bridgehead atoms. The lowest BCUT2D eigenvalue weighted by Crippen LogP contribution is -2.08. The lowest BCUT2D eigenvalue weighted by molar-refractivity contribution is -0.137. The van der Waals surface area contributed by atoms with Gasteiger partial charge in [0.15, 0.2) is 0 Å². The van der Waals surface area contributed by atoms with E-state index in [0.717, 1.165) is 18.2 Å². The summed E-state index contributed by atoms with van der Waals surface area (Å²) in [5.74, 6) is -0.964. The maximum atomic E-state index is 13.5. The second kappa shape index (κ2) is 3.45. The lowest BCUT2D eigenvalue weighted by Gasteiger charge is -2.10. The number of benzene rings is 1. The van der Waals surface area contributed by atoms with Gasteiger partial charge >= 0.3 is 6.18 Å². The molecule has 1 saturated carbocycles. The molecule has 94 valence electrons. The average Bonchev–Trinajstić information content (AvgIpc) is 2.66. The quantitative estimate of drug-likeness (QED) is 0.757. The molecule has 1 aromatic rings. The van der Waals surface area contributed by atoms with Crippen LogP contribution >= 0.6 is 0 Å². The number of nitrogens with two attached hydrogens (primary N) is 1. The summed E-state index contributed by atoms with van der Waals surface area (Å²) in [7, 11) is 0. The van der Waals surface area contributed by atoms with Crippen molar-refractivity contribution in [3.05, 3.63) is 35.1 Å². The average molecular weight is 247 g/mol. The summed E-state index contributed by atoms with van der Waals surface area (Å²) in [4.78, 5) is 0.